The minimum absolute atomic E-state index is 0.0139. The highest BCUT2D eigenvalue weighted by Gasteiger charge is 2.20. The van der Waals surface area contributed by atoms with Crippen molar-refractivity contribution in [3.63, 3.8) is 0 Å². The number of nitrogens with one attached hydrogen (secondary N) is 1. The first-order chi connectivity index (χ1) is 10.2. The van der Waals surface area contributed by atoms with Gasteiger partial charge in [-0.3, -0.25) is 4.79 Å². The molecule has 2 aromatic heterocycles. The van der Waals surface area contributed by atoms with Crippen molar-refractivity contribution in [3.8, 4) is 0 Å². The maximum absolute atomic E-state index is 12.5. The lowest BCUT2D eigenvalue weighted by atomic mass is 10.2. The molecule has 21 heavy (non-hydrogen) atoms. The molecule has 114 valence electrons. The molecule has 2 aromatic rings. The molecule has 1 amide bonds. The number of hydrogen-bond acceptors (Lipinski definition) is 3. The van der Waals surface area contributed by atoms with Crippen LogP contribution in [0.1, 0.15) is 41.6 Å². The zero-order chi connectivity index (χ0) is 14.8. The summed E-state index contributed by atoms with van der Waals surface area (Å²) in [5.74, 6) is 0.0139. The van der Waals surface area contributed by atoms with Crippen LogP contribution in [0.3, 0.4) is 0 Å². The van der Waals surface area contributed by atoms with Gasteiger partial charge < -0.3 is 14.6 Å². The molecule has 5 heteroatoms. The Hall–Kier alpha value is -1.33. The fourth-order valence-corrected chi connectivity index (χ4v) is 3.88. The van der Waals surface area contributed by atoms with Crippen LogP contribution in [0.2, 0.25) is 0 Å². The van der Waals surface area contributed by atoms with Crippen molar-refractivity contribution in [2.24, 2.45) is 0 Å². The van der Waals surface area contributed by atoms with Gasteiger partial charge in [0, 0.05) is 24.6 Å². The van der Waals surface area contributed by atoms with Crippen molar-refractivity contribution in [1.82, 2.24) is 9.88 Å². The molecule has 0 spiro atoms. The summed E-state index contributed by atoms with van der Waals surface area (Å²) in [6, 6.07) is 4.19. The first-order valence-electron chi connectivity index (χ1n) is 7.68. The summed E-state index contributed by atoms with van der Waals surface area (Å²) in [7, 11) is 0. The molecule has 3 heterocycles. The molecule has 0 aromatic carbocycles. The summed E-state index contributed by atoms with van der Waals surface area (Å²) in [5.41, 5.74) is 1.96. The molecule has 0 radical (unpaired) electrons. The van der Waals surface area contributed by atoms with Crippen molar-refractivity contribution in [1.29, 1.82) is 0 Å². The van der Waals surface area contributed by atoms with Gasteiger partial charge in [0.15, 0.2) is 0 Å². The fraction of sp³-hybridized carbons (Fsp3) is 0.562. The molecule has 1 saturated heterocycles. The van der Waals surface area contributed by atoms with Crippen LogP contribution in [-0.4, -0.2) is 29.7 Å². The quantitative estimate of drug-likeness (QED) is 0.921. The Balaban J connectivity index is 1.79. The second-order valence-corrected chi connectivity index (χ2v) is 6.92. The molecule has 0 bridgehead atoms. The Labute approximate surface area is 129 Å². The monoisotopic (exact) mass is 306 g/mol. The number of thiophene rings is 1. The molecular formula is C16H22N2O2S. The van der Waals surface area contributed by atoms with Gasteiger partial charge in [-0.2, -0.15) is 0 Å². The second-order valence-electron chi connectivity index (χ2n) is 5.63. The van der Waals surface area contributed by atoms with Gasteiger partial charge in [-0.15, -0.1) is 11.3 Å². The van der Waals surface area contributed by atoms with Crippen LogP contribution in [0.25, 0.3) is 10.2 Å². The molecule has 1 fully saturated rings. The molecular weight excluding hydrogens is 284 g/mol. The van der Waals surface area contributed by atoms with E-state index in [0.717, 1.165) is 38.1 Å². The number of carbonyl (C=O) groups excluding carboxylic acids is 1. The number of amides is 1. The van der Waals surface area contributed by atoms with Gasteiger partial charge in [-0.1, -0.05) is 6.92 Å². The molecule has 4 nitrogen and oxygen atoms in total. The normalized spacial score (nSPS) is 18.5. The van der Waals surface area contributed by atoms with Crippen LogP contribution in [0.4, 0.5) is 0 Å². The maximum Gasteiger partial charge on any atom is 0.268 e. The lowest BCUT2D eigenvalue weighted by Gasteiger charge is -2.12. The van der Waals surface area contributed by atoms with Gasteiger partial charge >= 0.3 is 0 Å². The Morgan fingerprint density at radius 3 is 3.10 bits per heavy atom. The van der Waals surface area contributed by atoms with Crippen molar-refractivity contribution in [2.75, 3.05) is 13.2 Å². The minimum atomic E-state index is 0.0139. The SMILES string of the molecule is CCCn1c(C(=O)NC[C@@H]2CCCO2)cc2sc(C)cc21. The molecule has 1 aliphatic rings. The standard InChI is InChI=1S/C16H22N2O2S/c1-3-6-18-13-8-11(2)21-15(13)9-14(18)16(19)17-10-12-5-4-7-20-12/h8-9,12H,3-7,10H2,1-2H3,(H,17,19)/t12-/m0/s1. The van der Waals surface area contributed by atoms with E-state index in [9.17, 15) is 4.79 Å². The minimum Gasteiger partial charge on any atom is -0.376 e. The van der Waals surface area contributed by atoms with Crippen LogP contribution >= 0.6 is 11.3 Å². The molecule has 1 atom stereocenters. The van der Waals surface area contributed by atoms with E-state index < -0.39 is 0 Å². The van der Waals surface area contributed by atoms with E-state index in [1.165, 1.54) is 15.1 Å². The van der Waals surface area contributed by atoms with E-state index in [1.807, 2.05) is 6.07 Å². The molecule has 3 rings (SSSR count). The predicted molar refractivity (Wildman–Crippen MR) is 86.2 cm³/mol. The van der Waals surface area contributed by atoms with Gasteiger partial charge in [0.2, 0.25) is 0 Å². The van der Waals surface area contributed by atoms with Crippen molar-refractivity contribution in [2.45, 2.75) is 45.8 Å². The zero-order valence-corrected chi connectivity index (χ0v) is 13.5. The summed E-state index contributed by atoms with van der Waals surface area (Å²) in [6.45, 7) is 6.56. The number of aryl methyl sites for hydroxylation is 2. The summed E-state index contributed by atoms with van der Waals surface area (Å²) in [5, 5.41) is 3.02. The Kier molecular flexibility index (Phi) is 4.31. The van der Waals surface area contributed by atoms with Gasteiger partial charge in [0.1, 0.15) is 5.69 Å². The van der Waals surface area contributed by atoms with Crippen molar-refractivity contribution in [3.05, 3.63) is 22.7 Å². The average Bonchev–Trinajstić information content (AvgIpc) is 3.14. The third-order valence-electron chi connectivity index (χ3n) is 3.91. The smallest absolute Gasteiger partial charge is 0.268 e. The maximum atomic E-state index is 12.5. The third kappa shape index (κ3) is 2.99. The Bertz CT molecular complexity index is 638. The third-order valence-corrected chi connectivity index (χ3v) is 4.89. The number of fused-ring (bicyclic) bond motifs is 1. The van der Waals surface area contributed by atoms with Crippen LogP contribution < -0.4 is 5.32 Å². The first-order valence-corrected chi connectivity index (χ1v) is 8.50. The van der Waals surface area contributed by atoms with Gasteiger partial charge in [-0.05, 0) is 38.3 Å². The highest BCUT2D eigenvalue weighted by molar-refractivity contribution is 7.19. The highest BCUT2D eigenvalue weighted by atomic mass is 32.1. The first kappa shape index (κ1) is 14.6. The number of nitrogens with zero attached hydrogens (tertiary/aromatic N) is 1. The Morgan fingerprint density at radius 1 is 1.52 bits per heavy atom. The summed E-state index contributed by atoms with van der Waals surface area (Å²) in [6.07, 6.45) is 3.35. The summed E-state index contributed by atoms with van der Waals surface area (Å²) < 4.78 is 8.90. The van der Waals surface area contributed by atoms with Crippen LogP contribution in [0, 0.1) is 6.92 Å². The van der Waals surface area contributed by atoms with Crippen LogP contribution in [-0.2, 0) is 11.3 Å². The number of rotatable bonds is 5. The van der Waals surface area contributed by atoms with E-state index >= 15 is 0 Å². The molecule has 1 aliphatic heterocycles. The number of aromatic nitrogens is 1. The summed E-state index contributed by atoms with van der Waals surface area (Å²) >= 11 is 1.75. The predicted octanol–water partition coefficient (Wildman–Crippen LogP) is 3.33. The average molecular weight is 306 g/mol. The van der Waals surface area contributed by atoms with E-state index in [-0.39, 0.29) is 12.0 Å². The lowest BCUT2D eigenvalue weighted by molar-refractivity contribution is 0.0850. The van der Waals surface area contributed by atoms with E-state index in [4.69, 9.17) is 4.74 Å². The molecule has 1 N–H and O–H groups in total. The molecule has 0 unspecified atom stereocenters. The van der Waals surface area contributed by atoms with E-state index in [0.29, 0.717) is 6.54 Å². The Morgan fingerprint density at radius 2 is 2.38 bits per heavy atom. The largest absolute Gasteiger partial charge is 0.376 e. The molecule has 0 saturated carbocycles. The topological polar surface area (TPSA) is 43.3 Å². The highest BCUT2D eigenvalue weighted by Crippen LogP contribution is 2.29. The van der Waals surface area contributed by atoms with Gasteiger partial charge in [0.25, 0.3) is 5.91 Å². The van der Waals surface area contributed by atoms with Crippen LogP contribution in [0.5, 0.6) is 0 Å². The van der Waals surface area contributed by atoms with Gasteiger partial charge in [-0.25, -0.2) is 0 Å². The molecule has 0 aliphatic carbocycles. The van der Waals surface area contributed by atoms with Crippen molar-refractivity contribution < 1.29 is 9.53 Å². The van der Waals surface area contributed by atoms with Crippen molar-refractivity contribution >= 4 is 27.5 Å². The van der Waals surface area contributed by atoms with Crippen LogP contribution in [0.15, 0.2) is 12.1 Å². The van der Waals surface area contributed by atoms with E-state index in [2.05, 4.69) is 29.8 Å². The summed E-state index contributed by atoms with van der Waals surface area (Å²) in [4.78, 5) is 13.8. The lowest BCUT2D eigenvalue weighted by Crippen LogP contribution is -2.33. The number of hydrogen-bond donors (Lipinski definition) is 1. The van der Waals surface area contributed by atoms with Gasteiger partial charge in [0.05, 0.1) is 16.3 Å². The second kappa shape index (κ2) is 6.20. The van der Waals surface area contributed by atoms with E-state index in [1.54, 1.807) is 11.3 Å². The zero-order valence-electron chi connectivity index (χ0n) is 12.6. The number of ether oxygens (including phenoxy) is 1. The fourth-order valence-electron chi connectivity index (χ4n) is 2.92. The number of carbonyl (C=O) groups is 1.